The largest absolute Gasteiger partial charge is 0.513 e. The van der Waals surface area contributed by atoms with Crippen LogP contribution in [0.3, 0.4) is 0 Å². The molecule has 0 aliphatic heterocycles. The van der Waals surface area contributed by atoms with Crippen LogP contribution in [0.25, 0.3) is 0 Å². The van der Waals surface area contributed by atoms with Crippen LogP contribution in [0.5, 0.6) is 0 Å². The van der Waals surface area contributed by atoms with Crippen molar-refractivity contribution < 1.29 is 5.11 Å². The van der Waals surface area contributed by atoms with E-state index in [2.05, 4.69) is 27.7 Å². The maximum Gasteiger partial charge on any atom is 0.0880 e. The molecule has 4 saturated carbocycles. The molecule has 0 saturated heterocycles. The lowest BCUT2D eigenvalue weighted by Crippen LogP contribution is -2.53. The number of allylic oxidation sites excluding steroid dienone is 2. The Morgan fingerprint density at radius 3 is 2.41 bits per heavy atom. The van der Waals surface area contributed by atoms with Crippen molar-refractivity contribution in [3.63, 3.8) is 0 Å². The molecule has 0 amide bonds. The summed E-state index contributed by atoms with van der Waals surface area (Å²) in [5, 5.41) is 9.69. The van der Waals surface area contributed by atoms with Gasteiger partial charge in [0, 0.05) is 0 Å². The van der Waals surface area contributed by atoms with Crippen molar-refractivity contribution in [2.75, 3.05) is 0 Å². The molecule has 1 nitrogen and oxygen atoms in total. The number of fused-ring (bicyclic) bond motifs is 5. The molecule has 0 radical (unpaired) electrons. The van der Waals surface area contributed by atoms with Crippen molar-refractivity contribution in [2.24, 2.45) is 46.3 Å². The van der Waals surface area contributed by atoms with E-state index in [4.69, 9.17) is 0 Å². The Bertz CT molecular complexity index is 616. The van der Waals surface area contributed by atoms with Gasteiger partial charge in [0.25, 0.3) is 0 Å². The highest BCUT2D eigenvalue weighted by Gasteiger charge is 2.59. The van der Waals surface area contributed by atoms with Gasteiger partial charge in [0.1, 0.15) is 0 Å². The average molecular weight is 401 g/mol. The van der Waals surface area contributed by atoms with Gasteiger partial charge in [-0.3, -0.25) is 0 Å². The summed E-state index contributed by atoms with van der Waals surface area (Å²) in [4.78, 5) is 0. The Kier molecular flexibility index (Phi) is 6.18. The van der Waals surface area contributed by atoms with Crippen LogP contribution < -0.4 is 0 Å². The molecule has 29 heavy (non-hydrogen) atoms. The van der Waals surface area contributed by atoms with E-state index in [0.29, 0.717) is 16.6 Å². The number of aliphatic hydroxyl groups excluding tert-OH is 1. The van der Waals surface area contributed by atoms with Gasteiger partial charge in [0.05, 0.1) is 5.76 Å². The number of aliphatic hydroxyl groups is 1. The zero-order valence-corrected chi connectivity index (χ0v) is 20.1. The molecule has 4 aliphatic carbocycles. The van der Waals surface area contributed by atoms with Gasteiger partial charge in [-0.05, 0) is 130 Å². The van der Waals surface area contributed by atoms with Gasteiger partial charge in [0.15, 0.2) is 0 Å². The first kappa shape index (κ1) is 21.8. The van der Waals surface area contributed by atoms with Gasteiger partial charge in [-0.15, -0.1) is 0 Å². The Hall–Kier alpha value is -0.460. The Balaban J connectivity index is 1.43. The third kappa shape index (κ3) is 3.71. The average Bonchev–Trinajstić information content (AvgIpc) is 3.04. The second kappa shape index (κ2) is 8.23. The van der Waals surface area contributed by atoms with Crippen LogP contribution in [0.1, 0.15) is 118 Å². The van der Waals surface area contributed by atoms with Crippen molar-refractivity contribution in [1.29, 1.82) is 0 Å². The third-order valence-corrected chi connectivity index (χ3v) is 11.2. The van der Waals surface area contributed by atoms with Gasteiger partial charge in [-0.25, -0.2) is 0 Å². The molecule has 1 N–H and O–H groups in total. The normalized spacial score (nSPS) is 46.3. The van der Waals surface area contributed by atoms with E-state index < -0.39 is 0 Å². The summed E-state index contributed by atoms with van der Waals surface area (Å²) in [5.41, 5.74) is 2.47. The molecule has 0 aromatic rings. The summed E-state index contributed by atoms with van der Waals surface area (Å²) in [6, 6.07) is 0. The molecule has 8 atom stereocenters. The highest BCUT2D eigenvalue weighted by atomic mass is 16.3. The van der Waals surface area contributed by atoms with Crippen LogP contribution in [0.2, 0.25) is 0 Å². The molecule has 4 fully saturated rings. The summed E-state index contributed by atoms with van der Waals surface area (Å²) in [6.07, 6.45) is 18.8. The maximum absolute atomic E-state index is 9.69. The standard InChI is InChI=1S/C28H48O/c1-19(21(3)29)9-8-10-20(2)24-14-15-25-23-13-12-22-11-6-7-17-27(22,4)26(23)16-18-28(24,25)5/h20,22-26,29H,6-18H2,1-5H3/t20-,22?,23+,24-,25+,26+,27+,28-/m1/s1. The lowest BCUT2D eigenvalue weighted by atomic mass is 9.44. The summed E-state index contributed by atoms with van der Waals surface area (Å²) in [7, 11) is 0. The smallest absolute Gasteiger partial charge is 0.0880 e. The van der Waals surface area contributed by atoms with Crippen molar-refractivity contribution in [3.05, 3.63) is 11.3 Å². The van der Waals surface area contributed by atoms with E-state index in [-0.39, 0.29) is 0 Å². The molecule has 0 heterocycles. The highest BCUT2D eigenvalue weighted by Crippen LogP contribution is 2.68. The van der Waals surface area contributed by atoms with Gasteiger partial charge in [-0.1, -0.05) is 40.0 Å². The second-order valence-electron chi connectivity index (χ2n) is 12.4. The number of hydrogen-bond donors (Lipinski definition) is 1. The third-order valence-electron chi connectivity index (χ3n) is 11.2. The molecular formula is C28H48O. The monoisotopic (exact) mass is 400 g/mol. The van der Waals surface area contributed by atoms with Crippen molar-refractivity contribution in [3.8, 4) is 0 Å². The van der Waals surface area contributed by atoms with Crippen LogP contribution in [0, 0.1) is 46.3 Å². The van der Waals surface area contributed by atoms with E-state index in [1.807, 2.05) is 6.92 Å². The highest BCUT2D eigenvalue weighted by molar-refractivity contribution is 5.09. The predicted molar refractivity (Wildman–Crippen MR) is 124 cm³/mol. The molecule has 4 aliphatic rings. The van der Waals surface area contributed by atoms with Crippen LogP contribution in [0.15, 0.2) is 11.3 Å². The minimum Gasteiger partial charge on any atom is -0.513 e. The zero-order chi connectivity index (χ0) is 20.8. The molecule has 1 heteroatoms. The Morgan fingerprint density at radius 2 is 1.66 bits per heavy atom. The van der Waals surface area contributed by atoms with Gasteiger partial charge in [-0.2, -0.15) is 0 Å². The van der Waals surface area contributed by atoms with E-state index >= 15 is 0 Å². The van der Waals surface area contributed by atoms with Crippen LogP contribution >= 0.6 is 0 Å². The first-order valence-corrected chi connectivity index (χ1v) is 13.1. The van der Waals surface area contributed by atoms with Crippen molar-refractivity contribution >= 4 is 0 Å². The minimum absolute atomic E-state index is 0.538. The van der Waals surface area contributed by atoms with Crippen LogP contribution in [0.4, 0.5) is 0 Å². The molecule has 0 spiro atoms. The lowest BCUT2D eigenvalue weighted by Gasteiger charge is -2.61. The van der Waals surface area contributed by atoms with Crippen LogP contribution in [-0.4, -0.2) is 5.11 Å². The SMILES string of the molecule is CC(O)=C(C)CCC[C@@H](C)[C@H]1CC[C@H]2[C@@H]3CCC4CCCC[C@]4(C)[C@H]3CC[C@]12C. The molecular weight excluding hydrogens is 352 g/mol. The summed E-state index contributed by atoms with van der Waals surface area (Å²) < 4.78 is 0. The molecule has 0 aromatic heterocycles. The van der Waals surface area contributed by atoms with Gasteiger partial charge < -0.3 is 5.11 Å². The summed E-state index contributed by atoms with van der Waals surface area (Å²) in [6.45, 7) is 11.9. The fourth-order valence-electron chi connectivity index (χ4n) is 9.34. The van der Waals surface area contributed by atoms with Gasteiger partial charge in [0.2, 0.25) is 0 Å². The quantitative estimate of drug-likeness (QED) is 0.457. The molecule has 1 unspecified atom stereocenters. The fraction of sp³-hybridized carbons (Fsp3) is 0.929. The topological polar surface area (TPSA) is 20.2 Å². The van der Waals surface area contributed by atoms with E-state index in [9.17, 15) is 5.11 Å². The zero-order valence-electron chi connectivity index (χ0n) is 20.1. The fourth-order valence-corrected chi connectivity index (χ4v) is 9.34. The van der Waals surface area contributed by atoms with Crippen molar-refractivity contribution in [1.82, 2.24) is 0 Å². The first-order chi connectivity index (χ1) is 13.8. The van der Waals surface area contributed by atoms with Crippen LogP contribution in [-0.2, 0) is 0 Å². The predicted octanol–water partition coefficient (Wildman–Crippen LogP) is 8.69. The second-order valence-corrected chi connectivity index (χ2v) is 12.4. The van der Waals surface area contributed by atoms with E-state index in [0.717, 1.165) is 41.9 Å². The maximum atomic E-state index is 9.69. The molecule has 4 rings (SSSR count). The van der Waals surface area contributed by atoms with Crippen molar-refractivity contribution in [2.45, 2.75) is 118 Å². The molecule has 166 valence electrons. The number of hydrogen-bond acceptors (Lipinski definition) is 1. The molecule has 0 aromatic carbocycles. The lowest BCUT2D eigenvalue weighted by molar-refractivity contribution is -0.114. The molecule has 0 bridgehead atoms. The number of rotatable bonds is 5. The Labute approximate surface area is 181 Å². The summed E-state index contributed by atoms with van der Waals surface area (Å²) >= 11 is 0. The Morgan fingerprint density at radius 1 is 0.897 bits per heavy atom. The minimum atomic E-state index is 0.538. The van der Waals surface area contributed by atoms with E-state index in [1.165, 1.54) is 76.2 Å². The van der Waals surface area contributed by atoms with Gasteiger partial charge >= 0.3 is 0 Å². The van der Waals surface area contributed by atoms with E-state index in [1.54, 1.807) is 6.42 Å². The summed E-state index contributed by atoms with van der Waals surface area (Å²) in [5.74, 6) is 6.44. The first-order valence-electron chi connectivity index (χ1n) is 13.1.